The Kier molecular flexibility index (Phi) is 2.61. The molecule has 2 aliphatic carbocycles. The van der Waals surface area contributed by atoms with Gasteiger partial charge in [0.05, 0.1) is 5.52 Å². The molecular formula is C20H21N3O. The van der Waals surface area contributed by atoms with E-state index in [1.165, 1.54) is 12.1 Å². The number of fused-ring (bicyclic) bond motifs is 9. The van der Waals surface area contributed by atoms with Crippen molar-refractivity contribution in [3.8, 4) is 0 Å². The largest absolute Gasteiger partial charge is 0.304 e. The first kappa shape index (κ1) is 14.1. The van der Waals surface area contributed by atoms with Crippen molar-refractivity contribution >= 4 is 16.6 Å². The second-order valence-corrected chi connectivity index (χ2v) is 8.31. The molecule has 122 valence electrons. The van der Waals surface area contributed by atoms with E-state index in [1.807, 2.05) is 0 Å². The fourth-order valence-corrected chi connectivity index (χ4v) is 4.55. The molecule has 0 N–H and O–H groups in total. The van der Waals surface area contributed by atoms with Crippen molar-refractivity contribution in [2.24, 2.45) is 0 Å². The molecule has 1 fully saturated rings. The Balaban J connectivity index is 1.85. The summed E-state index contributed by atoms with van der Waals surface area (Å²) in [7, 11) is 0. The van der Waals surface area contributed by atoms with Crippen molar-refractivity contribution in [1.82, 2.24) is 14.4 Å². The molecule has 3 aromatic heterocycles. The van der Waals surface area contributed by atoms with Crippen molar-refractivity contribution in [1.29, 1.82) is 0 Å². The minimum Gasteiger partial charge on any atom is -0.304 e. The molecule has 4 nitrogen and oxygen atoms in total. The fraction of sp³-hybridized carbons (Fsp3) is 0.450. The van der Waals surface area contributed by atoms with E-state index in [1.54, 1.807) is 0 Å². The standard InChI is InChI=1S/C20H21N3O/c1-20(2,3)15-7-6-13-14(21-15)8-9-23-17-12-5-4-11(10-12)16(17)19(24)22-18(13)23/h6-9,11-12H,4-5,10H2,1-3H3. The third kappa shape index (κ3) is 1.77. The smallest absolute Gasteiger partial charge is 0.276 e. The Morgan fingerprint density at radius 2 is 1.88 bits per heavy atom. The zero-order chi connectivity index (χ0) is 16.6. The lowest BCUT2D eigenvalue weighted by Crippen LogP contribution is -2.21. The summed E-state index contributed by atoms with van der Waals surface area (Å²) in [4.78, 5) is 21.9. The summed E-state index contributed by atoms with van der Waals surface area (Å²) in [6.07, 6.45) is 5.52. The number of nitrogens with zero attached hydrogens (tertiary/aromatic N) is 3. The third-order valence-corrected chi connectivity index (χ3v) is 5.74. The van der Waals surface area contributed by atoms with Crippen LogP contribution < -0.4 is 5.56 Å². The van der Waals surface area contributed by atoms with Crippen LogP contribution in [0.2, 0.25) is 0 Å². The number of aromatic nitrogens is 3. The van der Waals surface area contributed by atoms with Gasteiger partial charge in [-0.3, -0.25) is 9.78 Å². The van der Waals surface area contributed by atoms with Gasteiger partial charge in [0, 0.05) is 39.9 Å². The van der Waals surface area contributed by atoms with Crippen LogP contribution in [0.25, 0.3) is 16.6 Å². The lowest BCUT2D eigenvalue weighted by Gasteiger charge is -2.20. The van der Waals surface area contributed by atoms with Crippen LogP contribution in [0.3, 0.4) is 0 Å². The van der Waals surface area contributed by atoms with E-state index in [0.717, 1.165) is 40.6 Å². The van der Waals surface area contributed by atoms with Crippen LogP contribution in [0.1, 0.15) is 68.8 Å². The third-order valence-electron chi connectivity index (χ3n) is 5.74. The van der Waals surface area contributed by atoms with E-state index in [0.29, 0.717) is 11.8 Å². The van der Waals surface area contributed by atoms with Gasteiger partial charge < -0.3 is 4.40 Å². The van der Waals surface area contributed by atoms with Crippen LogP contribution >= 0.6 is 0 Å². The highest BCUT2D eigenvalue weighted by atomic mass is 16.1. The van der Waals surface area contributed by atoms with Gasteiger partial charge in [-0.1, -0.05) is 20.8 Å². The maximum absolute atomic E-state index is 12.6. The quantitative estimate of drug-likeness (QED) is 0.590. The van der Waals surface area contributed by atoms with Gasteiger partial charge in [0.1, 0.15) is 0 Å². The predicted octanol–water partition coefficient (Wildman–Crippen LogP) is 3.90. The summed E-state index contributed by atoms with van der Waals surface area (Å²) >= 11 is 0. The Morgan fingerprint density at radius 3 is 2.67 bits per heavy atom. The average molecular weight is 319 g/mol. The van der Waals surface area contributed by atoms with Crippen molar-refractivity contribution in [2.75, 3.05) is 0 Å². The highest BCUT2D eigenvalue weighted by molar-refractivity contribution is 5.91. The van der Waals surface area contributed by atoms with Crippen LogP contribution in [0.5, 0.6) is 0 Å². The molecule has 0 aliphatic heterocycles. The minimum absolute atomic E-state index is 0.00446. The molecule has 0 spiro atoms. The lowest BCUT2D eigenvalue weighted by molar-refractivity contribution is 0.571. The number of hydrogen-bond acceptors (Lipinski definition) is 3. The Morgan fingerprint density at radius 1 is 1.08 bits per heavy atom. The van der Waals surface area contributed by atoms with E-state index in [9.17, 15) is 4.79 Å². The molecule has 0 amide bonds. The number of pyridine rings is 2. The van der Waals surface area contributed by atoms with Crippen LogP contribution in [0.15, 0.2) is 29.2 Å². The summed E-state index contributed by atoms with van der Waals surface area (Å²) in [5, 5.41) is 0.966. The fourth-order valence-electron chi connectivity index (χ4n) is 4.55. The summed E-state index contributed by atoms with van der Waals surface area (Å²) in [6.45, 7) is 6.48. The first-order chi connectivity index (χ1) is 11.4. The second kappa shape index (κ2) is 4.44. The average Bonchev–Trinajstić information content (AvgIpc) is 3.15. The van der Waals surface area contributed by atoms with Gasteiger partial charge in [-0.05, 0) is 43.4 Å². The van der Waals surface area contributed by atoms with E-state index < -0.39 is 0 Å². The Bertz CT molecular complexity index is 1060. The highest BCUT2D eigenvalue weighted by Crippen LogP contribution is 2.51. The zero-order valence-electron chi connectivity index (χ0n) is 14.3. The van der Waals surface area contributed by atoms with Crippen LogP contribution in [0.4, 0.5) is 0 Å². The molecule has 2 atom stereocenters. The van der Waals surface area contributed by atoms with E-state index in [-0.39, 0.29) is 11.0 Å². The normalized spacial score (nSPS) is 22.5. The summed E-state index contributed by atoms with van der Waals surface area (Å²) in [5.74, 6) is 0.950. The van der Waals surface area contributed by atoms with Crippen LogP contribution in [0, 0.1) is 0 Å². The van der Waals surface area contributed by atoms with Gasteiger partial charge >= 0.3 is 0 Å². The zero-order valence-corrected chi connectivity index (χ0v) is 14.3. The van der Waals surface area contributed by atoms with Crippen molar-refractivity contribution < 1.29 is 0 Å². The van der Waals surface area contributed by atoms with Gasteiger partial charge in [0.2, 0.25) is 0 Å². The molecule has 2 bridgehead atoms. The maximum Gasteiger partial charge on any atom is 0.276 e. The molecule has 2 unspecified atom stereocenters. The summed E-state index contributed by atoms with van der Waals surface area (Å²) in [5.41, 5.74) is 4.90. The molecule has 3 heterocycles. The van der Waals surface area contributed by atoms with Gasteiger partial charge in [-0.15, -0.1) is 0 Å². The van der Waals surface area contributed by atoms with Crippen molar-refractivity contribution in [3.05, 3.63) is 51.7 Å². The Labute approximate surface area is 140 Å². The summed E-state index contributed by atoms with van der Waals surface area (Å²) in [6, 6.07) is 6.20. The maximum atomic E-state index is 12.6. The van der Waals surface area contributed by atoms with Crippen LogP contribution in [-0.2, 0) is 5.41 Å². The number of rotatable bonds is 0. The van der Waals surface area contributed by atoms with E-state index in [4.69, 9.17) is 4.98 Å². The molecule has 5 rings (SSSR count). The van der Waals surface area contributed by atoms with E-state index in [2.05, 4.69) is 54.6 Å². The molecule has 2 aliphatic rings. The molecular weight excluding hydrogens is 298 g/mol. The summed E-state index contributed by atoms with van der Waals surface area (Å²) < 4.78 is 2.15. The minimum atomic E-state index is -0.0235. The van der Waals surface area contributed by atoms with E-state index >= 15 is 0 Å². The SMILES string of the molecule is CC(C)(C)c1ccc2c(ccn3c4c(c(=O)nc23)C2CCC4C2)n1. The lowest BCUT2D eigenvalue weighted by atomic mass is 9.91. The molecule has 0 radical (unpaired) electrons. The second-order valence-electron chi connectivity index (χ2n) is 8.31. The molecule has 0 saturated heterocycles. The van der Waals surface area contributed by atoms with Crippen LogP contribution in [-0.4, -0.2) is 14.4 Å². The van der Waals surface area contributed by atoms with Gasteiger partial charge in [-0.25, -0.2) is 0 Å². The van der Waals surface area contributed by atoms with Gasteiger partial charge in [-0.2, -0.15) is 4.98 Å². The molecule has 24 heavy (non-hydrogen) atoms. The molecule has 0 aromatic carbocycles. The topological polar surface area (TPSA) is 47.3 Å². The van der Waals surface area contributed by atoms with Crippen molar-refractivity contribution in [3.63, 3.8) is 0 Å². The molecule has 3 aromatic rings. The first-order valence-corrected chi connectivity index (χ1v) is 8.80. The molecule has 4 heteroatoms. The Hall–Kier alpha value is -2.23. The first-order valence-electron chi connectivity index (χ1n) is 8.80. The van der Waals surface area contributed by atoms with Gasteiger partial charge in [0.25, 0.3) is 5.56 Å². The molecule has 1 saturated carbocycles. The predicted molar refractivity (Wildman–Crippen MR) is 94.8 cm³/mol. The van der Waals surface area contributed by atoms with Gasteiger partial charge in [0.15, 0.2) is 5.65 Å². The number of hydrogen-bond donors (Lipinski definition) is 0. The monoisotopic (exact) mass is 319 g/mol. The van der Waals surface area contributed by atoms with Crippen molar-refractivity contribution in [2.45, 2.75) is 57.3 Å². The highest BCUT2D eigenvalue weighted by Gasteiger charge is 2.41.